The molecule has 1 atom stereocenters. The zero-order valence-corrected chi connectivity index (χ0v) is 20.3. The lowest BCUT2D eigenvalue weighted by Crippen LogP contribution is -2.15. The van der Waals surface area contributed by atoms with Gasteiger partial charge < -0.3 is 14.6 Å². The Morgan fingerprint density at radius 1 is 1.31 bits per heavy atom. The molecule has 1 aromatic heterocycles. The minimum atomic E-state index is -0.602. The van der Waals surface area contributed by atoms with Gasteiger partial charge in [-0.1, -0.05) is 39.3 Å². The van der Waals surface area contributed by atoms with Crippen molar-refractivity contribution in [3.63, 3.8) is 0 Å². The first-order chi connectivity index (χ1) is 15.3. The van der Waals surface area contributed by atoms with Gasteiger partial charge in [-0.05, 0) is 50.2 Å². The van der Waals surface area contributed by atoms with Gasteiger partial charge in [-0.3, -0.25) is 14.9 Å². The van der Waals surface area contributed by atoms with Crippen LogP contribution in [0.5, 0.6) is 5.75 Å². The average Bonchev–Trinajstić information content (AvgIpc) is 3.18. The Hall–Kier alpha value is -2.63. The first-order valence-electron chi connectivity index (χ1n) is 9.50. The van der Waals surface area contributed by atoms with Crippen molar-refractivity contribution in [1.82, 2.24) is 14.8 Å². The fraction of sp³-hybridized carbons (Fsp3) is 0.250. The van der Waals surface area contributed by atoms with Gasteiger partial charge in [0.25, 0.3) is 5.69 Å². The smallest absolute Gasteiger partial charge is 0.289 e. The maximum absolute atomic E-state index is 12.3. The third-order valence-corrected chi connectivity index (χ3v) is 6.13. The summed E-state index contributed by atoms with van der Waals surface area (Å²) in [7, 11) is 0. The molecule has 0 aliphatic rings. The van der Waals surface area contributed by atoms with Crippen molar-refractivity contribution >= 4 is 56.6 Å². The number of ether oxygens (including phenoxy) is 1. The molecule has 0 fully saturated rings. The number of nitrogens with one attached hydrogen (secondary N) is 1. The summed E-state index contributed by atoms with van der Waals surface area (Å²) in [5.74, 6) is 1.07. The second-order valence-electron chi connectivity index (χ2n) is 6.56. The molecule has 32 heavy (non-hydrogen) atoms. The molecule has 0 bridgehead atoms. The van der Waals surface area contributed by atoms with Gasteiger partial charge in [0.2, 0.25) is 5.91 Å². The number of rotatable bonds is 9. The fourth-order valence-corrected chi connectivity index (χ4v) is 4.09. The number of anilines is 1. The second kappa shape index (κ2) is 10.8. The Balaban J connectivity index is 1.63. The maximum Gasteiger partial charge on any atom is 0.289 e. The van der Waals surface area contributed by atoms with Crippen LogP contribution in [0.2, 0.25) is 5.02 Å². The van der Waals surface area contributed by atoms with Crippen LogP contribution in [0.15, 0.2) is 52.1 Å². The SMILES string of the molecule is CCn1c(SCC(=O)Nc2ccc(Cl)c([N+](=O)[O-])c2)nnc1C(C)Oc1ccc(Br)cc1. The van der Waals surface area contributed by atoms with Gasteiger partial charge in [-0.15, -0.1) is 10.2 Å². The number of nitrogens with zero attached hydrogens (tertiary/aromatic N) is 4. The summed E-state index contributed by atoms with van der Waals surface area (Å²) in [5.41, 5.74) is 0.0214. The van der Waals surface area contributed by atoms with Crippen LogP contribution in [-0.4, -0.2) is 31.3 Å². The van der Waals surface area contributed by atoms with Crippen LogP contribution in [0.3, 0.4) is 0 Å². The molecule has 0 saturated heterocycles. The van der Waals surface area contributed by atoms with Crippen molar-refractivity contribution in [2.45, 2.75) is 31.7 Å². The highest BCUT2D eigenvalue weighted by molar-refractivity contribution is 9.10. The Morgan fingerprint density at radius 2 is 2.03 bits per heavy atom. The van der Waals surface area contributed by atoms with E-state index in [9.17, 15) is 14.9 Å². The first-order valence-corrected chi connectivity index (χ1v) is 11.7. The molecule has 1 heterocycles. The zero-order chi connectivity index (χ0) is 23.3. The van der Waals surface area contributed by atoms with Gasteiger partial charge in [0, 0.05) is 22.8 Å². The van der Waals surface area contributed by atoms with Crippen LogP contribution >= 0.6 is 39.3 Å². The number of nitro benzene ring substituents is 1. The molecule has 168 valence electrons. The zero-order valence-electron chi connectivity index (χ0n) is 17.1. The van der Waals surface area contributed by atoms with Gasteiger partial charge in [0.1, 0.15) is 10.8 Å². The van der Waals surface area contributed by atoms with Crippen LogP contribution in [0, 0.1) is 10.1 Å². The van der Waals surface area contributed by atoms with E-state index in [2.05, 4.69) is 31.4 Å². The minimum Gasteiger partial charge on any atom is -0.483 e. The van der Waals surface area contributed by atoms with E-state index in [4.69, 9.17) is 16.3 Å². The van der Waals surface area contributed by atoms with Crippen molar-refractivity contribution in [3.8, 4) is 5.75 Å². The van der Waals surface area contributed by atoms with Crippen LogP contribution in [0.4, 0.5) is 11.4 Å². The number of aromatic nitrogens is 3. The third kappa shape index (κ3) is 5.99. The number of halogens is 2. The summed E-state index contributed by atoms with van der Waals surface area (Å²) in [6.07, 6.45) is -0.346. The van der Waals surface area contributed by atoms with E-state index >= 15 is 0 Å². The highest BCUT2D eigenvalue weighted by Gasteiger charge is 2.20. The number of thioether (sulfide) groups is 1. The van der Waals surface area contributed by atoms with Crippen molar-refractivity contribution in [1.29, 1.82) is 0 Å². The largest absolute Gasteiger partial charge is 0.483 e. The summed E-state index contributed by atoms with van der Waals surface area (Å²) in [5, 5.41) is 22.6. The number of carbonyl (C=O) groups is 1. The molecular formula is C20H19BrClN5O4S. The van der Waals surface area contributed by atoms with Crippen LogP contribution in [-0.2, 0) is 11.3 Å². The standard InChI is InChI=1S/C20H19BrClN5O4S/c1-3-26-19(12(2)31-15-7-4-13(21)5-8-15)24-25-20(26)32-11-18(28)23-14-6-9-16(22)17(10-14)27(29)30/h4-10,12H,3,11H2,1-2H3,(H,23,28). The average molecular weight is 541 g/mol. The van der Waals surface area contributed by atoms with Crippen molar-refractivity contribution in [3.05, 3.63) is 67.9 Å². The number of carbonyl (C=O) groups excluding carboxylic acids is 1. The summed E-state index contributed by atoms with van der Waals surface area (Å²) in [6.45, 7) is 4.44. The molecule has 0 saturated carbocycles. The lowest BCUT2D eigenvalue weighted by molar-refractivity contribution is -0.384. The molecule has 1 N–H and O–H groups in total. The Bertz CT molecular complexity index is 1130. The molecule has 0 aliphatic heterocycles. The highest BCUT2D eigenvalue weighted by Crippen LogP contribution is 2.28. The number of hydrogen-bond acceptors (Lipinski definition) is 7. The van der Waals surface area contributed by atoms with Gasteiger partial charge in [-0.2, -0.15) is 0 Å². The molecule has 2 aromatic carbocycles. The van der Waals surface area contributed by atoms with Crippen LogP contribution in [0.1, 0.15) is 25.8 Å². The molecular weight excluding hydrogens is 522 g/mol. The monoisotopic (exact) mass is 539 g/mol. The molecule has 3 rings (SSSR count). The normalized spacial score (nSPS) is 11.8. The Kier molecular flexibility index (Phi) is 8.10. The van der Waals surface area contributed by atoms with E-state index in [0.717, 1.165) is 4.47 Å². The van der Waals surface area contributed by atoms with E-state index in [1.54, 1.807) is 0 Å². The van der Waals surface area contributed by atoms with Crippen molar-refractivity contribution in [2.24, 2.45) is 0 Å². The van der Waals surface area contributed by atoms with E-state index in [1.165, 1.54) is 30.0 Å². The molecule has 0 radical (unpaired) electrons. The van der Waals surface area contributed by atoms with Crippen LogP contribution < -0.4 is 10.1 Å². The quantitative estimate of drug-likeness (QED) is 0.217. The number of nitro groups is 1. The molecule has 1 amide bonds. The van der Waals surface area contributed by atoms with Gasteiger partial charge in [-0.25, -0.2) is 0 Å². The molecule has 0 spiro atoms. The van der Waals surface area contributed by atoms with Crippen molar-refractivity contribution in [2.75, 3.05) is 11.1 Å². The lowest BCUT2D eigenvalue weighted by atomic mass is 10.3. The predicted octanol–water partition coefficient (Wildman–Crippen LogP) is 5.49. The number of benzene rings is 2. The molecule has 9 nitrogen and oxygen atoms in total. The number of amides is 1. The topological polar surface area (TPSA) is 112 Å². The van der Waals surface area contributed by atoms with Gasteiger partial charge in [0.05, 0.1) is 10.7 Å². The van der Waals surface area contributed by atoms with Crippen molar-refractivity contribution < 1.29 is 14.5 Å². The lowest BCUT2D eigenvalue weighted by Gasteiger charge is -2.15. The fourth-order valence-electron chi connectivity index (χ4n) is 2.83. The third-order valence-electron chi connectivity index (χ3n) is 4.31. The van der Waals surface area contributed by atoms with E-state index in [1.807, 2.05) is 42.7 Å². The predicted molar refractivity (Wildman–Crippen MR) is 126 cm³/mol. The van der Waals surface area contributed by atoms with E-state index < -0.39 is 4.92 Å². The Morgan fingerprint density at radius 3 is 2.69 bits per heavy atom. The highest BCUT2D eigenvalue weighted by atomic mass is 79.9. The van der Waals surface area contributed by atoms with E-state index in [0.29, 0.717) is 29.0 Å². The summed E-state index contributed by atoms with van der Waals surface area (Å²) in [4.78, 5) is 22.7. The molecule has 1 unspecified atom stereocenters. The van der Waals surface area contributed by atoms with Gasteiger partial charge in [0.15, 0.2) is 17.1 Å². The maximum atomic E-state index is 12.3. The van der Waals surface area contributed by atoms with Gasteiger partial charge >= 0.3 is 0 Å². The summed E-state index contributed by atoms with van der Waals surface area (Å²) >= 11 is 10.4. The number of hydrogen-bond donors (Lipinski definition) is 1. The Labute approximate surface area is 201 Å². The molecule has 0 aliphatic carbocycles. The van der Waals surface area contributed by atoms with Crippen LogP contribution in [0.25, 0.3) is 0 Å². The molecule has 12 heteroatoms. The minimum absolute atomic E-state index is 0.00502. The molecule has 3 aromatic rings. The first kappa shape index (κ1) is 24.0. The summed E-state index contributed by atoms with van der Waals surface area (Å²) in [6, 6.07) is 11.6. The second-order valence-corrected chi connectivity index (χ2v) is 8.82. The summed E-state index contributed by atoms with van der Waals surface area (Å²) < 4.78 is 8.80. The van der Waals surface area contributed by atoms with E-state index in [-0.39, 0.29) is 28.5 Å².